The lowest BCUT2D eigenvalue weighted by molar-refractivity contribution is 0.104. The molecule has 0 fully saturated rings. The van der Waals surface area contributed by atoms with E-state index >= 15 is 0 Å². The standard InChI is InChI=1S/C16H12N2O/c17-13-7-1-5-12(10-13)16(19)14-8-2-4-11-6-3-9-18-15(11)14/h1-10H,17H2. The van der Waals surface area contributed by atoms with E-state index in [1.807, 2.05) is 24.3 Å². The Bertz CT molecular complexity index is 760. The zero-order valence-electron chi connectivity index (χ0n) is 10.2. The van der Waals surface area contributed by atoms with Crippen LogP contribution in [0.2, 0.25) is 0 Å². The third kappa shape index (κ3) is 2.06. The number of carbonyl (C=O) groups excluding carboxylic acids is 1. The van der Waals surface area contributed by atoms with Crippen LogP contribution < -0.4 is 5.73 Å². The topological polar surface area (TPSA) is 56.0 Å². The number of pyridine rings is 1. The molecule has 0 bridgehead atoms. The molecule has 0 radical (unpaired) electrons. The number of fused-ring (bicyclic) bond motifs is 1. The fraction of sp³-hybridized carbons (Fsp3) is 0. The SMILES string of the molecule is Nc1cccc(C(=O)c2cccc3cccnc23)c1. The van der Waals surface area contributed by atoms with E-state index in [0.29, 0.717) is 16.8 Å². The van der Waals surface area contributed by atoms with E-state index in [1.54, 1.807) is 36.5 Å². The summed E-state index contributed by atoms with van der Waals surface area (Å²) in [5.41, 5.74) is 8.20. The van der Waals surface area contributed by atoms with Crippen LogP contribution in [0.15, 0.2) is 60.8 Å². The molecule has 3 nitrogen and oxygen atoms in total. The molecule has 3 aromatic rings. The van der Waals surface area contributed by atoms with Gasteiger partial charge in [0.25, 0.3) is 0 Å². The third-order valence-electron chi connectivity index (χ3n) is 3.03. The van der Waals surface area contributed by atoms with Crippen molar-refractivity contribution in [2.45, 2.75) is 0 Å². The molecule has 0 aliphatic heterocycles. The first-order chi connectivity index (χ1) is 9.25. The van der Waals surface area contributed by atoms with E-state index in [9.17, 15) is 4.79 Å². The number of hydrogen-bond acceptors (Lipinski definition) is 3. The minimum Gasteiger partial charge on any atom is -0.399 e. The summed E-state index contributed by atoms with van der Waals surface area (Å²) < 4.78 is 0. The molecule has 2 N–H and O–H groups in total. The zero-order chi connectivity index (χ0) is 13.2. The summed E-state index contributed by atoms with van der Waals surface area (Å²) in [7, 11) is 0. The van der Waals surface area contributed by atoms with Crippen LogP contribution in [0.5, 0.6) is 0 Å². The highest BCUT2D eigenvalue weighted by Gasteiger charge is 2.13. The number of carbonyl (C=O) groups is 1. The van der Waals surface area contributed by atoms with Gasteiger partial charge in [-0.05, 0) is 24.3 Å². The molecular weight excluding hydrogens is 236 g/mol. The van der Waals surface area contributed by atoms with Crippen molar-refractivity contribution < 1.29 is 4.79 Å². The lowest BCUT2D eigenvalue weighted by Gasteiger charge is -2.05. The van der Waals surface area contributed by atoms with E-state index in [0.717, 1.165) is 10.9 Å². The maximum atomic E-state index is 12.5. The number of nitrogen functional groups attached to an aromatic ring is 1. The van der Waals surface area contributed by atoms with Gasteiger partial charge >= 0.3 is 0 Å². The lowest BCUT2D eigenvalue weighted by atomic mass is 10.00. The Kier molecular flexibility index (Phi) is 2.72. The highest BCUT2D eigenvalue weighted by atomic mass is 16.1. The minimum atomic E-state index is -0.0587. The first-order valence-electron chi connectivity index (χ1n) is 6.00. The Balaban J connectivity index is 2.17. The van der Waals surface area contributed by atoms with Crippen molar-refractivity contribution >= 4 is 22.4 Å². The first kappa shape index (κ1) is 11.4. The number of benzene rings is 2. The minimum absolute atomic E-state index is 0.0587. The summed E-state index contributed by atoms with van der Waals surface area (Å²) in [6.07, 6.45) is 1.69. The molecule has 0 spiro atoms. The van der Waals surface area contributed by atoms with E-state index in [1.165, 1.54) is 0 Å². The highest BCUT2D eigenvalue weighted by molar-refractivity contribution is 6.15. The van der Waals surface area contributed by atoms with Gasteiger partial charge in [0.2, 0.25) is 0 Å². The van der Waals surface area contributed by atoms with Crippen LogP contribution in [0.1, 0.15) is 15.9 Å². The van der Waals surface area contributed by atoms with Gasteiger partial charge < -0.3 is 5.73 Å². The summed E-state index contributed by atoms with van der Waals surface area (Å²) in [4.78, 5) is 16.8. The molecule has 19 heavy (non-hydrogen) atoms. The molecular formula is C16H12N2O. The van der Waals surface area contributed by atoms with Crippen molar-refractivity contribution in [3.8, 4) is 0 Å². The third-order valence-corrected chi connectivity index (χ3v) is 3.03. The van der Waals surface area contributed by atoms with Crippen LogP contribution in [0.4, 0.5) is 5.69 Å². The molecule has 1 heterocycles. The Morgan fingerprint density at radius 1 is 1.00 bits per heavy atom. The fourth-order valence-electron chi connectivity index (χ4n) is 2.12. The Labute approximate surface area is 110 Å². The molecule has 2 aromatic carbocycles. The number of hydrogen-bond donors (Lipinski definition) is 1. The van der Waals surface area contributed by atoms with Crippen molar-refractivity contribution in [2.24, 2.45) is 0 Å². The number of anilines is 1. The largest absolute Gasteiger partial charge is 0.399 e. The number of nitrogens with zero attached hydrogens (tertiary/aromatic N) is 1. The Hall–Kier alpha value is -2.68. The van der Waals surface area contributed by atoms with Crippen LogP contribution >= 0.6 is 0 Å². The van der Waals surface area contributed by atoms with Gasteiger partial charge in [0.15, 0.2) is 5.78 Å². The zero-order valence-corrected chi connectivity index (χ0v) is 10.2. The van der Waals surface area contributed by atoms with Gasteiger partial charge in [-0.2, -0.15) is 0 Å². The molecule has 0 aliphatic carbocycles. The number of rotatable bonds is 2. The smallest absolute Gasteiger partial charge is 0.195 e. The molecule has 0 atom stereocenters. The van der Waals surface area contributed by atoms with E-state index in [2.05, 4.69) is 4.98 Å². The van der Waals surface area contributed by atoms with Crippen molar-refractivity contribution in [1.29, 1.82) is 0 Å². The number of para-hydroxylation sites is 1. The van der Waals surface area contributed by atoms with Gasteiger partial charge in [-0.15, -0.1) is 0 Å². The summed E-state index contributed by atoms with van der Waals surface area (Å²) in [5, 5.41) is 0.956. The summed E-state index contributed by atoms with van der Waals surface area (Å²) in [5.74, 6) is -0.0587. The second kappa shape index (κ2) is 4.53. The van der Waals surface area contributed by atoms with Crippen molar-refractivity contribution in [1.82, 2.24) is 4.98 Å². The second-order valence-electron chi connectivity index (χ2n) is 4.34. The van der Waals surface area contributed by atoms with Crippen LogP contribution in [-0.4, -0.2) is 10.8 Å². The molecule has 0 saturated heterocycles. The first-order valence-corrected chi connectivity index (χ1v) is 6.00. The summed E-state index contributed by atoms with van der Waals surface area (Å²) in [6, 6.07) is 16.4. The van der Waals surface area contributed by atoms with Crippen molar-refractivity contribution in [3.63, 3.8) is 0 Å². The van der Waals surface area contributed by atoms with Gasteiger partial charge in [-0.25, -0.2) is 0 Å². The number of ketones is 1. The van der Waals surface area contributed by atoms with Gasteiger partial charge in [0.05, 0.1) is 5.52 Å². The molecule has 3 heteroatoms. The van der Waals surface area contributed by atoms with E-state index in [4.69, 9.17) is 5.73 Å². The van der Waals surface area contributed by atoms with Gasteiger partial charge in [0, 0.05) is 28.4 Å². The predicted molar refractivity (Wildman–Crippen MR) is 76.0 cm³/mol. The van der Waals surface area contributed by atoms with Crippen LogP contribution in [0, 0.1) is 0 Å². The van der Waals surface area contributed by atoms with E-state index in [-0.39, 0.29) is 5.78 Å². The van der Waals surface area contributed by atoms with Crippen LogP contribution in [0.3, 0.4) is 0 Å². The van der Waals surface area contributed by atoms with E-state index < -0.39 is 0 Å². The van der Waals surface area contributed by atoms with Crippen LogP contribution in [0.25, 0.3) is 10.9 Å². The average molecular weight is 248 g/mol. The summed E-state index contributed by atoms with van der Waals surface area (Å²) in [6.45, 7) is 0. The maximum Gasteiger partial charge on any atom is 0.195 e. The fourth-order valence-corrected chi connectivity index (χ4v) is 2.12. The maximum absolute atomic E-state index is 12.5. The molecule has 3 rings (SSSR count). The molecule has 92 valence electrons. The van der Waals surface area contributed by atoms with Gasteiger partial charge in [0.1, 0.15) is 0 Å². The van der Waals surface area contributed by atoms with Crippen LogP contribution in [-0.2, 0) is 0 Å². The normalized spacial score (nSPS) is 10.5. The van der Waals surface area contributed by atoms with Gasteiger partial charge in [-0.1, -0.05) is 30.3 Å². The predicted octanol–water partition coefficient (Wildman–Crippen LogP) is 3.05. The monoisotopic (exact) mass is 248 g/mol. The molecule has 0 amide bonds. The number of nitrogens with two attached hydrogens (primary N) is 1. The Morgan fingerprint density at radius 2 is 1.79 bits per heavy atom. The second-order valence-corrected chi connectivity index (χ2v) is 4.34. The quantitative estimate of drug-likeness (QED) is 0.560. The molecule has 0 unspecified atom stereocenters. The molecule has 0 aliphatic rings. The van der Waals surface area contributed by atoms with Gasteiger partial charge in [-0.3, -0.25) is 9.78 Å². The highest BCUT2D eigenvalue weighted by Crippen LogP contribution is 2.20. The average Bonchev–Trinajstić information content (AvgIpc) is 2.46. The summed E-state index contributed by atoms with van der Waals surface area (Å²) >= 11 is 0. The van der Waals surface area contributed by atoms with Crippen molar-refractivity contribution in [2.75, 3.05) is 5.73 Å². The molecule has 1 aromatic heterocycles. The number of aromatic nitrogens is 1. The van der Waals surface area contributed by atoms with Crippen molar-refractivity contribution in [3.05, 3.63) is 71.9 Å². The lowest BCUT2D eigenvalue weighted by Crippen LogP contribution is -2.03. The molecule has 0 saturated carbocycles. The Morgan fingerprint density at radius 3 is 2.63 bits per heavy atom.